The van der Waals surface area contributed by atoms with E-state index < -0.39 is 0 Å². The van der Waals surface area contributed by atoms with Crippen LogP contribution in [-0.2, 0) is 0 Å². The summed E-state index contributed by atoms with van der Waals surface area (Å²) in [5.74, 6) is 0. The summed E-state index contributed by atoms with van der Waals surface area (Å²) < 4.78 is 3.26. The number of hydrogen-bond acceptors (Lipinski definition) is 2. The molecule has 2 aromatic rings. The summed E-state index contributed by atoms with van der Waals surface area (Å²) in [4.78, 5) is 6.19. The molecule has 0 radical (unpaired) electrons. The molecule has 15 heavy (non-hydrogen) atoms. The molecule has 1 heterocycles. The van der Waals surface area contributed by atoms with E-state index in [-0.39, 0.29) is 0 Å². The topological polar surface area (TPSA) is 21.1 Å². The number of hydrogen-bond donors (Lipinski definition) is 0. The zero-order chi connectivity index (χ0) is 10.8. The molecule has 0 aliphatic heterocycles. The number of imidazole rings is 1. The maximum absolute atomic E-state index is 4.08. The average molecular weight is 313 g/mol. The third-order valence-electron chi connectivity index (χ3n) is 2.21. The molecule has 78 valence electrons. The summed E-state index contributed by atoms with van der Waals surface area (Å²) in [6.07, 6.45) is 5.58. The fraction of sp³-hybridized carbons (Fsp3) is 0.182. The zero-order valence-corrected chi connectivity index (χ0v) is 10.8. The molecule has 1 aromatic heterocycles. The molecule has 2 rings (SSSR count). The van der Waals surface area contributed by atoms with Crippen molar-refractivity contribution in [3.05, 3.63) is 40.5 Å². The van der Waals surface area contributed by atoms with E-state index in [1.165, 1.54) is 14.9 Å². The molecule has 1 aromatic carbocycles. The van der Waals surface area contributed by atoms with Gasteiger partial charge in [-0.05, 0) is 34.7 Å². The van der Waals surface area contributed by atoms with Crippen LogP contribution in [-0.4, -0.2) is 23.6 Å². The summed E-state index contributed by atoms with van der Waals surface area (Å²) in [6, 6.07) is 6.28. The highest BCUT2D eigenvalue weighted by Crippen LogP contribution is 2.27. The number of aromatic nitrogens is 2. The minimum atomic E-state index is 1.18. The Morgan fingerprint density at radius 2 is 2.13 bits per heavy atom. The minimum Gasteiger partial charge on any atom is -0.376 e. The van der Waals surface area contributed by atoms with Crippen molar-refractivity contribution in [3.63, 3.8) is 0 Å². The van der Waals surface area contributed by atoms with Gasteiger partial charge in [0.05, 0.1) is 17.7 Å². The van der Waals surface area contributed by atoms with Gasteiger partial charge in [-0.2, -0.15) is 0 Å². The molecule has 0 fully saturated rings. The number of benzene rings is 1. The Bertz CT molecular complexity index is 449. The predicted octanol–water partition coefficient (Wildman–Crippen LogP) is 2.54. The first-order chi connectivity index (χ1) is 7.20. The number of halogens is 1. The summed E-state index contributed by atoms with van der Waals surface area (Å²) in [6.45, 7) is 0. The molecule has 4 heteroatoms. The highest BCUT2D eigenvalue weighted by Gasteiger charge is 2.09. The van der Waals surface area contributed by atoms with E-state index in [0.29, 0.717) is 0 Å². The maximum Gasteiger partial charge on any atom is 0.0992 e. The Kier molecular flexibility index (Phi) is 2.95. The second-order valence-electron chi connectivity index (χ2n) is 3.47. The van der Waals surface area contributed by atoms with Gasteiger partial charge in [0, 0.05) is 30.1 Å². The molecule has 0 saturated carbocycles. The van der Waals surface area contributed by atoms with Crippen molar-refractivity contribution >= 4 is 28.3 Å². The van der Waals surface area contributed by atoms with Gasteiger partial charge >= 0.3 is 0 Å². The molecule has 0 spiro atoms. The maximum atomic E-state index is 4.08. The van der Waals surface area contributed by atoms with E-state index in [1.54, 1.807) is 6.20 Å². The van der Waals surface area contributed by atoms with Crippen LogP contribution in [0.4, 0.5) is 5.69 Å². The first-order valence-electron chi connectivity index (χ1n) is 4.64. The van der Waals surface area contributed by atoms with Crippen molar-refractivity contribution in [1.29, 1.82) is 0 Å². The van der Waals surface area contributed by atoms with Crippen molar-refractivity contribution in [2.75, 3.05) is 19.0 Å². The van der Waals surface area contributed by atoms with Crippen LogP contribution < -0.4 is 4.90 Å². The van der Waals surface area contributed by atoms with E-state index >= 15 is 0 Å². The third-order valence-corrected chi connectivity index (χ3v) is 3.08. The van der Waals surface area contributed by atoms with Gasteiger partial charge in [-0.25, -0.2) is 4.98 Å². The number of para-hydroxylation sites is 1. The van der Waals surface area contributed by atoms with Gasteiger partial charge in [-0.3, -0.25) is 0 Å². The standard InChI is InChI=1S/C11H12IN3/c1-14(2)10-5-3-4-9(12)11(10)15-7-6-13-8-15/h3-8H,1-2H3. The van der Waals surface area contributed by atoms with Crippen molar-refractivity contribution in [2.24, 2.45) is 0 Å². The predicted molar refractivity (Wildman–Crippen MR) is 70.6 cm³/mol. The Hall–Kier alpha value is -1.04. The van der Waals surface area contributed by atoms with Crippen LogP contribution in [0, 0.1) is 3.57 Å². The molecule has 0 N–H and O–H groups in total. The summed E-state index contributed by atoms with van der Waals surface area (Å²) in [7, 11) is 4.09. The van der Waals surface area contributed by atoms with E-state index in [1.807, 2.05) is 31.2 Å². The number of rotatable bonds is 2. The second kappa shape index (κ2) is 4.22. The van der Waals surface area contributed by atoms with Crippen LogP contribution in [0.3, 0.4) is 0 Å². The highest BCUT2D eigenvalue weighted by atomic mass is 127. The average Bonchev–Trinajstić information content (AvgIpc) is 2.70. The largest absolute Gasteiger partial charge is 0.376 e. The van der Waals surface area contributed by atoms with E-state index in [2.05, 4.69) is 50.7 Å². The first-order valence-corrected chi connectivity index (χ1v) is 5.72. The zero-order valence-electron chi connectivity index (χ0n) is 8.68. The SMILES string of the molecule is CN(C)c1cccc(I)c1-n1ccnc1. The van der Waals surface area contributed by atoms with Gasteiger partial charge in [-0.1, -0.05) is 6.07 Å². The molecule has 3 nitrogen and oxygen atoms in total. The summed E-state index contributed by atoms with van der Waals surface area (Å²) >= 11 is 2.35. The van der Waals surface area contributed by atoms with Crippen molar-refractivity contribution < 1.29 is 0 Å². The van der Waals surface area contributed by atoms with E-state index in [9.17, 15) is 0 Å². The minimum absolute atomic E-state index is 1.18. The normalized spacial score (nSPS) is 10.3. The molecule has 0 bridgehead atoms. The molecular formula is C11H12IN3. The molecule has 0 saturated heterocycles. The van der Waals surface area contributed by atoms with Crippen molar-refractivity contribution in [3.8, 4) is 5.69 Å². The van der Waals surface area contributed by atoms with Gasteiger partial charge in [0.25, 0.3) is 0 Å². The van der Waals surface area contributed by atoms with Gasteiger partial charge in [0.1, 0.15) is 0 Å². The Morgan fingerprint density at radius 3 is 2.73 bits per heavy atom. The van der Waals surface area contributed by atoms with Crippen molar-refractivity contribution in [2.45, 2.75) is 0 Å². The number of nitrogens with zero attached hydrogens (tertiary/aromatic N) is 3. The van der Waals surface area contributed by atoms with Crippen LogP contribution >= 0.6 is 22.6 Å². The smallest absolute Gasteiger partial charge is 0.0992 e. The number of anilines is 1. The van der Waals surface area contributed by atoms with Crippen LogP contribution in [0.5, 0.6) is 0 Å². The van der Waals surface area contributed by atoms with Crippen LogP contribution in [0.15, 0.2) is 36.9 Å². The third kappa shape index (κ3) is 1.99. The van der Waals surface area contributed by atoms with Crippen molar-refractivity contribution in [1.82, 2.24) is 9.55 Å². The highest BCUT2D eigenvalue weighted by molar-refractivity contribution is 14.1. The Labute approximate surface area is 103 Å². The fourth-order valence-electron chi connectivity index (χ4n) is 1.51. The van der Waals surface area contributed by atoms with Gasteiger partial charge in [0.2, 0.25) is 0 Å². The lowest BCUT2D eigenvalue weighted by molar-refractivity contribution is 1.02. The molecular weight excluding hydrogens is 301 g/mol. The van der Waals surface area contributed by atoms with Crippen LogP contribution in [0.1, 0.15) is 0 Å². The Morgan fingerprint density at radius 1 is 1.33 bits per heavy atom. The second-order valence-corrected chi connectivity index (χ2v) is 4.63. The monoisotopic (exact) mass is 313 g/mol. The van der Waals surface area contributed by atoms with Crippen LogP contribution in [0.2, 0.25) is 0 Å². The van der Waals surface area contributed by atoms with Gasteiger partial charge in [0.15, 0.2) is 0 Å². The summed E-state index contributed by atoms with van der Waals surface area (Å²) in [5.41, 5.74) is 2.38. The van der Waals surface area contributed by atoms with Crippen LogP contribution in [0.25, 0.3) is 5.69 Å². The lowest BCUT2D eigenvalue weighted by atomic mass is 10.2. The molecule has 0 unspecified atom stereocenters. The molecule has 0 aliphatic carbocycles. The molecule has 0 amide bonds. The van der Waals surface area contributed by atoms with Gasteiger partial charge < -0.3 is 9.47 Å². The van der Waals surface area contributed by atoms with E-state index in [4.69, 9.17) is 0 Å². The molecule has 0 atom stereocenters. The summed E-state index contributed by atoms with van der Waals surface area (Å²) in [5, 5.41) is 0. The lowest BCUT2D eigenvalue weighted by Gasteiger charge is -2.18. The lowest BCUT2D eigenvalue weighted by Crippen LogP contribution is -2.12. The first kappa shape index (κ1) is 10.5. The fourth-order valence-corrected chi connectivity index (χ4v) is 2.27. The quantitative estimate of drug-likeness (QED) is 0.795. The van der Waals surface area contributed by atoms with Gasteiger partial charge in [-0.15, -0.1) is 0 Å². The van der Waals surface area contributed by atoms with E-state index in [0.717, 1.165) is 0 Å². The Balaban J connectivity index is 2.63. The molecule has 0 aliphatic rings.